The fourth-order valence-corrected chi connectivity index (χ4v) is 2.66. The highest BCUT2D eigenvalue weighted by molar-refractivity contribution is 5.98. The monoisotopic (exact) mass is 407 g/mol. The molecule has 0 spiro atoms. The molecule has 0 saturated heterocycles. The Labute approximate surface area is 173 Å². The molecule has 8 heteroatoms. The third kappa shape index (κ3) is 4.72. The lowest BCUT2D eigenvalue weighted by Gasteiger charge is -2.13. The lowest BCUT2D eigenvalue weighted by molar-refractivity contribution is -0.123. The summed E-state index contributed by atoms with van der Waals surface area (Å²) in [4.78, 5) is 36.3. The topological polar surface area (TPSA) is 99.5 Å². The fourth-order valence-electron chi connectivity index (χ4n) is 2.66. The van der Waals surface area contributed by atoms with Crippen LogP contribution in [0.15, 0.2) is 60.8 Å². The van der Waals surface area contributed by atoms with Gasteiger partial charge in [0.25, 0.3) is 5.91 Å². The van der Waals surface area contributed by atoms with Gasteiger partial charge in [0.05, 0.1) is 19.0 Å². The Morgan fingerprint density at radius 2 is 1.70 bits per heavy atom. The zero-order valence-electron chi connectivity index (χ0n) is 16.8. The number of esters is 1. The Bertz CT molecular complexity index is 1060. The highest BCUT2D eigenvalue weighted by Crippen LogP contribution is 2.21. The fraction of sp³-hybridized carbons (Fsp3) is 0.182. The van der Waals surface area contributed by atoms with E-state index in [1.165, 1.54) is 25.6 Å². The van der Waals surface area contributed by atoms with Crippen LogP contribution in [0.1, 0.15) is 34.7 Å². The number of ether oxygens (including phenoxy) is 2. The van der Waals surface area contributed by atoms with Gasteiger partial charge in [-0.25, -0.2) is 9.48 Å². The molecule has 1 aromatic heterocycles. The molecule has 3 rings (SSSR count). The SMILES string of the molecule is COc1cn(-c2ccccc2)nc1C(=O)O[C@@H](C)C(=O)Nc1ccc(C(C)=O)cc1. The van der Waals surface area contributed by atoms with Crippen LogP contribution in [0.25, 0.3) is 5.69 Å². The third-order valence-corrected chi connectivity index (χ3v) is 4.33. The largest absolute Gasteiger partial charge is 0.493 e. The molecule has 0 fully saturated rings. The zero-order valence-corrected chi connectivity index (χ0v) is 16.8. The summed E-state index contributed by atoms with van der Waals surface area (Å²) in [7, 11) is 1.42. The maximum atomic E-state index is 12.6. The average molecular weight is 407 g/mol. The Morgan fingerprint density at radius 1 is 1.03 bits per heavy atom. The molecule has 30 heavy (non-hydrogen) atoms. The minimum atomic E-state index is -1.07. The van der Waals surface area contributed by atoms with E-state index in [1.807, 2.05) is 30.3 Å². The van der Waals surface area contributed by atoms with E-state index in [1.54, 1.807) is 30.5 Å². The van der Waals surface area contributed by atoms with E-state index in [0.717, 1.165) is 5.69 Å². The predicted molar refractivity (Wildman–Crippen MR) is 110 cm³/mol. The van der Waals surface area contributed by atoms with Gasteiger partial charge in [0.15, 0.2) is 17.6 Å². The first-order valence-corrected chi connectivity index (χ1v) is 9.21. The van der Waals surface area contributed by atoms with Crippen molar-refractivity contribution in [1.29, 1.82) is 0 Å². The number of aromatic nitrogens is 2. The standard InChI is InChI=1S/C22H21N3O5/c1-14(26)16-9-11-17(12-10-16)23-21(27)15(2)30-22(28)20-19(29-3)13-25(24-20)18-7-5-4-6-8-18/h4-13,15H,1-3H3,(H,23,27)/t15-/m0/s1. The van der Waals surface area contributed by atoms with Gasteiger partial charge in [-0.2, -0.15) is 5.10 Å². The number of nitrogens with zero attached hydrogens (tertiary/aromatic N) is 2. The van der Waals surface area contributed by atoms with Crippen LogP contribution in [0.4, 0.5) is 5.69 Å². The van der Waals surface area contributed by atoms with Crippen molar-refractivity contribution in [3.05, 3.63) is 72.1 Å². The van der Waals surface area contributed by atoms with E-state index < -0.39 is 18.0 Å². The number of amides is 1. The number of nitrogens with one attached hydrogen (secondary N) is 1. The molecule has 2 aromatic carbocycles. The van der Waals surface area contributed by atoms with Crippen LogP contribution in [-0.4, -0.2) is 40.7 Å². The van der Waals surface area contributed by atoms with Crippen molar-refractivity contribution in [2.45, 2.75) is 20.0 Å². The molecule has 0 saturated carbocycles. The second kappa shape index (κ2) is 9.04. The summed E-state index contributed by atoms with van der Waals surface area (Å²) in [6, 6.07) is 15.6. The summed E-state index contributed by atoms with van der Waals surface area (Å²) in [5, 5.41) is 6.87. The lowest BCUT2D eigenvalue weighted by Crippen LogP contribution is -2.30. The number of carbonyl (C=O) groups is 3. The van der Waals surface area contributed by atoms with E-state index in [-0.39, 0.29) is 17.2 Å². The van der Waals surface area contributed by atoms with Gasteiger partial charge >= 0.3 is 5.97 Å². The van der Waals surface area contributed by atoms with Gasteiger partial charge < -0.3 is 14.8 Å². The summed E-state index contributed by atoms with van der Waals surface area (Å²) in [6.45, 7) is 2.92. The van der Waals surface area contributed by atoms with Gasteiger partial charge in [0.2, 0.25) is 5.69 Å². The van der Waals surface area contributed by atoms with Crippen LogP contribution in [-0.2, 0) is 9.53 Å². The van der Waals surface area contributed by atoms with Crippen molar-refractivity contribution in [3.8, 4) is 11.4 Å². The Kier molecular flexibility index (Phi) is 6.26. The maximum absolute atomic E-state index is 12.6. The van der Waals surface area contributed by atoms with E-state index >= 15 is 0 Å². The van der Waals surface area contributed by atoms with Crippen LogP contribution in [0.3, 0.4) is 0 Å². The first-order chi connectivity index (χ1) is 14.4. The Morgan fingerprint density at radius 3 is 2.30 bits per heavy atom. The summed E-state index contributed by atoms with van der Waals surface area (Å²) in [5.41, 5.74) is 1.73. The molecular formula is C22H21N3O5. The molecule has 8 nitrogen and oxygen atoms in total. The van der Waals surface area contributed by atoms with Crippen LogP contribution >= 0.6 is 0 Å². The molecule has 0 unspecified atom stereocenters. The van der Waals surface area contributed by atoms with E-state index in [4.69, 9.17) is 9.47 Å². The molecule has 1 heterocycles. The first kappa shape index (κ1) is 20.8. The minimum Gasteiger partial charge on any atom is -0.493 e. The van der Waals surface area contributed by atoms with Crippen LogP contribution in [0, 0.1) is 0 Å². The number of carbonyl (C=O) groups excluding carboxylic acids is 3. The molecule has 0 aliphatic heterocycles. The van der Waals surface area contributed by atoms with Gasteiger partial charge in [-0.3, -0.25) is 9.59 Å². The maximum Gasteiger partial charge on any atom is 0.363 e. The van der Waals surface area contributed by atoms with E-state index in [0.29, 0.717) is 11.3 Å². The second-order valence-electron chi connectivity index (χ2n) is 6.50. The van der Waals surface area contributed by atoms with Crippen molar-refractivity contribution in [2.75, 3.05) is 12.4 Å². The molecule has 3 aromatic rings. The summed E-state index contributed by atoms with van der Waals surface area (Å²) in [5.74, 6) is -1.13. The molecule has 0 radical (unpaired) electrons. The van der Waals surface area contributed by atoms with Gasteiger partial charge in [-0.1, -0.05) is 18.2 Å². The number of ketones is 1. The van der Waals surface area contributed by atoms with E-state index in [9.17, 15) is 14.4 Å². The molecule has 1 amide bonds. The van der Waals surface area contributed by atoms with Crippen molar-refractivity contribution in [3.63, 3.8) is 0 Å². The normalized spacial score (nSPS) is 11.4. The summed E-state index contributed by atoms with van der Waals surface area (Å²) in [6.07, 6.45) is 0.490. The summed E-state index contributed by atoms with van der Waals surface area (Å²) < 4.78 is 12.0. The highest BCUT2D eigenvalue weighted by Gasteiger charge is 2.25. The smallest absolute Gasteiger partial charge is 0.363 e. The predicted octanol–water partition coefficient (Wildman–Crippen LogP) is 3.27. The minimum absolute atomic E-state index is 0.0354. The number of hydrogen-bond donors (Lipinski definition) is 1. The zero-order chi connectivity index (χ0) is 21.7. The molecule has 1 atom stereocenters. The second-order valence-corrected chi connectivity index (χ2v) is 6.50. The first-order valence-electron chi connectivity index (χ1n) is 9.21. The van der Waals surface area contributed by atoms with Gasteiger partial charge in [-0.15, -0.1) is 0 Å². The number of benzene rings is 2. The van der Waals surface area contributed by atoms with Crippen molar-refractivity contribution in [1.82, 2.24) is 9.78 Å². The molecule has 154 valence electrons. The molecule has 0 aliphatic rings. The number of methoxy groups -OCH3 is 1. The van der Waals surface area contributed by atoms with Crippen LogP contribution < -0.4 is 10.1 Å². The molecule has 1 N–H and O–H groups in total. The molecule has 0 bridgehead atoms. The quantitative estimate of drug-likeness (QED) is 0.477. The Hall–Kier alpha value is -3.94. The Balaban J connectivity index is 1.68. The number of para-hydroxylation sites is 1. The number of Topliss-reactive ketones (excluding diaryl/α,β-unsaturated/α-hetero) is 1. The van der Waals surface area contributed by atoms with Gasteiger partial charge in [0.1, 0.15) is 0 Å². The molecular weight excluding hydrogens is 386 g/mol. The van der Waals surface area contributed by atoms with Crippen molar-refractivity contribution in [2.24, 2.45) is 0 Å². The molecule has 0 aliphatic carbocycles. The van der Waals surface area contributed by atoms with Crippen molar-refractivity contribution < 1.29 is 23.9 Å². The van der Waals surface area contributed by atoms with Gasteiger partial charge in [-0.05, 0) is 50.2 Å². The number of rotatable bonds is 7. The third-order valence-electron chi connectivity index (χ3n) is 4.33. The van der Waals surface area contributed by atoms with Crippen LogP contribution in [0.5, 0.6) is 5.75 Å². The van der Waals surface area contributed by atoms with Gasteiger partial charge in [0, 0.05) is 11.3 Å². The van der Waals surface area contributed by atoms with Crippen molar-refractivity contribution >= 4 is 23.3 Å². The average Bonchev–Trinajstić information content (AvgIpc) is 3.19. The van der Waals surface area contributed by atoms with E-state index in [2.05, 4.69) is 10.4 Å². The highest BCUT2D eigenvalue weighted by atomic mass is 16.6. The summed E-state index contributed by atoms with van der Waals surface area (Å²) >= 11 is 0. The number of hydrogen-bond acceptors (Lipinski definition) is 6. The lowest BCUT2D eigenvalue weighted by atomic mass is 10.1. The van der Waals surface area contributed by atoms with Crippen LogP contribution in [0.2, 0.25) is 0 Å². The number of anilines is 1.